The van der Waals surface area contributed by atoms with E-state index < -0.39 is 0 Å². The molecule has 3 rings (SSSR count). The Morgan fingerprint density at radius 3 is 2.79 bits per heavy atom. The first-order valence-electron chi connectivity index (χ1n) is 8.92. The summed E-state index contributed by atoms with van der Waals surface area (Å²) in [6.07, 6.45) is 0.648. The molecule has 1 amide bonds. The Balaban J connectivity index is 1.44. The van der Waals surface area contributed by atoms with Gasteiger partial charge in [-0.25, -0.2) is 0 Å². The first-order chi connectivity index (χ1) is 13.9. The van der Waals surface area contributed by atoms with Gasteiger partial charge in [-0.1, -0.05) is 64.5 Å². The van der Waals surface area contributed by atoms with E-state index in [-0.39, 0.29) is 11.7 Å². The van der Waals surface area contributed by atoms with Crippen molar-refractivity contribution in [3.8, 4) is 0 Å². The van der Waals surface area contributed by atoms with E-state index in [4.69, 9.17) is 23.2 Å². The van der Waals surface area contributed by atoms with Gasteiger partial charge in [-0.15, -0.1) is 10.2 Å². The minimum Gasteiger partial charge on any atom is -0.355 e. The molecule has 0 saturated heterocycles. The lowest BCUT2D eigenvalue weighted by Gasteiger charge is -2.08. The van der Waals surface area contributed by atoms with Gasteiger partial charge in [0.25, 0.3) is 0 Å². The Hall–Kier alpha value is -1.80. The topological polar surface area (TPSA) is 66.9 Å². The van der Waals surface area contributed by atoms with E-state index in [1.807, 2.05) is 18.2 Å². The van der Waals surface area contributed by atoms with Crippen LogP contribution in [0, 0.1) is 13.8 Å². The highest BCUT2D eigenvalue weighted by molar-refractivity contribution is 8.01. The fourth-order valence-electron chi connectivity index (χ4n) is 2.56. The molecule has 3 aromatic rings. The van der Waals surface area contributed by atoms with Crippen molar-refractivity contribution in [2.24, 2.45) is 0 Å². The van der Waals surface area contributed by atoms with E-state index in [1.165, 1.54) is 34.2 Å². The fraction of sp³-hybridized carbons (Fsp3) is 0.250. The van der Waals surface area contributed by atoms with Crippen LogP contribution < -0.4 is 10.6 Å². The van der Waals surface area contributed by atoms with Crippen LogP contribution >= 0.6 is 46.3 Å². The van der Waals surface area contributed by atoms with Crippen LogP contribution in [0.3, 0.4) is 0 Å². The zero-order valence-corrected chi connectivity index (χ0v) is 19.1. The number of anilines is 2. The van der Waals surface area contributed by atoms with Gasteiger partial charge >= 0.3 is 0 Å². The predicted molar refractivity (Wildman–Crippen MR) is 123 cm³/mol. The first-order valence-corrected chi connectivity index (χ1v) is 11.5. The Morgan fingerprint density at radius 2 is 2.00 bits per heavy atom. The minimum absolute atomic E-state index is 0.0562. The normalized spacial score (nSPS) is 10.8. The maximum absolute atomic E-state index is 12.1. The summed E-state index contributed by atoms with van der Waals surface area (Å²) in [5.74, 6) is 0.228. The summed E-state index contributed by atoms with van der Waals surface area (Å²) in [7, 11) is 0. The molecular formula is C20H20Cl2N4OS2. The van der Waals surface area contributed by atoms with Crippen molar-refractivity contribution in [3.63, 3.8) is 0 Å². The third-order valence-corrected chi connectivity index (χ3v) is 6.87. The molecule has 0 bridgehead atoms. The molecular weight excluding hydrogens is 447 g/mol. The summed E-state index contributed by atoms with van der Waals surface area (Å²) in [4.78, 5) is 12.1. The van der Waals surface area contributed by atoms with Crippen LogP contribution in [-0.4, -0.2) is 28.4 Å². The third-order valence-electron chi connectivity index (χ3n) is 4.31. The third kappa shape index (κ3) is 6.34. The van der Waals surface area contributed by atoms with Crippen LogP contribution in [0.5, 0.6) is 0 Å². The maximum Gasteiger partial charge on any atom is 0.230 e. The number of carbonyl (C=O) groups excluding carboxylic acids is 1. The largest absolute Gasteiger partial charge is 0.355 e. The number of aryl methyl sites for hydroxylation is 1. The molecule has 152 valence electrons. The van der Waals surface area contributed by atoms with Gasteiger partial charge in [0.1, 0.15) is 0 Å². The molecule has 2 aromatic carbocycles. The monoisotopic (exact) mass is 466 g/mol. The summed E-state index contributed by atoms with van der Waals surface area (Å²) in [5.41, 5.74) is 4.36. The van der Waals surface area contributed by atoms with Crippen LogP contribution in [0.15, 0.2) is 40.7 Å². The molecule has 5 nitrogen and oxygen atoms in total. The molecule has 0 aliphatic carbocycles. The molecule has 9 heteroatoms. The molecule has 0 spiro atoms. The molecule has 2 N–H and O–H groups in total. The molecule has 0 fully saturated rings. The second kappa shape index (κ2) is 10.3. The van der Waals surface area contributed by atoms with Crippen molar-refractivity contribution in [1.82, 2.24) is 15.5 Å². The number of rotatable bonds is 8. The second-order valence-corrected chi connectivity index (χ2v) is 9.41. The Kier molecular flexibility index (Phi) is 7.77. The number of carbonyl (C=O) groups is 1. The van der Waals surface area contributed by atoms with Crippen molar-refractivity contribution >= 4 is 63.0 Å². The number of thioether (sulfide) groups is 1. The first kappa shape index (κ1) is 21.9. The quantitative estimate of drug-likeness (QED) is 0.419. The average Bonchev–Trinajstić information content (AvgIpc) is 3.13. The Labute approximate surface area is 188 Å². The van der Waals surface area contributed by atoms with Gasteiger partial charge < -0.3 is 10.6 Å². The van der Waals surface area contributed by atoms with Crippen LogP contribution in [0.4, 0.5) is 10.8 Å². The SMILES string of the molecule is Cc1cccc(Nc2nnc(SCC(=O)NCCc3ccc(Cl)cc3Cl)s2)c1C. The number of hydrogen-bond donors (Lipinski definition) is 2. The van der Waals surface area contributed by atoms with Crippen molar-refractivity contribution in [2.75, 3.05) is 17.6 Å². The molecule has 0 aliphatic heterocycles. The number of benzene rings is 2. The highest BCUT2D eigenvalue weighted by atomic mass is 35.5. The van der Waals surface area contributed by atoms with Gasteiger partial charge in [-0.2, -0.15) is 0 Å². The minimum atomic E-state index is -0.0562. The number of aromatic nitrogens is 2. The average molecular weight is 467 g/mol. The van der Waals surface area contributed by atoms with Crippen LogP contribution in [0.2, 0.25) is 10.0 Å². The van der Waals surface area contributed by atoms with Gasteiger partial charge in [0.2, 0.25) is 11.0 Å². The molecule has 1 aromatic heterocycles. The van der Waals surface area contributed by atoms with Gasteiger partial charge in [0.15, 0.2) is 4.34 Å². The van der Waals surface area contributed by atoms with Crippen LogP contribution in [0.25, 0.3) is 0 Å². The predicted octanol–water partition coefficient (Wildman–Crippen LogP) is 5.66. The van der Waals surface area contributed by atoms with E-state index in [0.717, 1.165) is 15.6 Å². The lowest BCUT2D eigenvalue weighted by Crippen LogP contribution is -2.27. The standard InChI is InChI=1S/C20H20Cl2N4OS2/c1-12-4-3-5-17(13(12)2)24-19-25-26-20(29-19)28-11-18(27)23-9-8-14-6-7-15(21)10-16(14)22/h3-7,10H,8-9,11H2,1-2H3,(H,23,27)(H,24,25). The zero-order chi connectivity index (χ0) is 20.8. The highest BCUT2D eigenvalue weighted by Crippen LogP contribution is 2.29. The molecule has 0 aliphatic rings. The van der Waals surface area contributed by atoms with Gasteiger partial charge in [-0.3, -0.25) is 4.79 Å². The van der Waals surface area contributed by atoms with E-state index in [9.17, 15) is 4.79 Å². The number of amides is 1. The van der Waals surface area contributed by atoms with E-state index in [0.29, 0.717) is 28.1 Å². The molecule has 0 atom stereocenters. The van der Waals surface area contributed by atoms with Crippen LogP contribution in [-0.2, 0) is 11.2 Å². The van der Waals surface area contributed by atoms with Gasteiger partial charge in [-0.05, 0) is 55.2 Å². The van der Waals surface area contributed by atoms with Crippen molar-refractivity contribution < 1.29 is 4.79 Å². The molecule has 0 radical (unpaired) electrons. The number of halogens is 2. The van der Waals surface area contributed by atoms with Crippen molar-refractivity contribution in [1.29, 1.82) is 0 Å². The number of nitrogens with zero attached hydrogens (tertiary/aromatic N) is 2. The second-order valence-electron chi connectivity index (χ2n) is 6.37. The molecule has 0 unspecified atom stereocenters. The van der Waals surface area contributed by atoms with Gasteiger partial charge in [0.05, 0.1) is 5.75 Å². The Morgan fingerprint density at radius 1 is 1.17 bits per heavy atom. The number of nitrogens with one attached hydrogen (secondary N) is 2. The van der Waals surface area contributed by atoms with Gasteiger partial charge in [0, 0.05) is 22.3 Å². The smallest absolute Gasteiger partial charge is 0.230 e. The molecule has 0 saturated carbocycles. The van der Waals surface area contributed by atoms with Crippen LogP contribution in [0.1, 0.15) is 16.7 Å². The van der Waals surface area contributed by atoms with Crippen molar-refractivity contribution in [3.05, 3.63) is 63.1 Å². The molecule has 29 heavy (non-hydrogen) atoms. The lowest BCUT2D eigenvalue weighted by atomic mass is 10.1. The maximum atomic E-state index is 12.1. The highest BCUT2D eigenvalue weighted by Gasteiger charge is 2.10. The Bertz CT molecular complexity index is 1010. The van der Waals surface area contributed by atoms with E-state index >= 15 is 0 Å². The fourth-order valence-corrected chi connectivity index (χ4v) is 4.66. The van der Waals surface area contributed by atoms with E-state index in [2.05, 4.69) is 40.7 Å². The summed E-state index contributed by atoms with van der Waals surface area (Å²) in [5, 5.41) is 16.4. The summed E-state index contributed by atoms with van der Waals surface area (Å²) >= 11 is 14.8. The lowest BCUT2D eigenvalue weighted by molar-refractivity contribution is -0.118. The number of hydrogen-bond acceptors (Lipinski definition) is 6. The van der Waals surface area contributed by atoms with Crippen molar-refractivity contribution in [2.45, 2.75) is 24.6 Å². The summed E-state index contributed by atoms with van der Waals surface area (Å²) in [6.45, 7) is 4.65. The summed E-state index contributed by atoms with van der Waals surface area (Å²) < 4.78 is 0.744. The molecule has 1 heterocycles. The van der Waals surface area contributed by atoms with E-state index in [1.54, 1.807) is 12.1 Å². The zero-order valence-electron chi connectivity index (χ0n) is 16.0. The summed E-state index contributed by atoms with van der Waals surface area (Å²) in [6, 6.07) is 11.5.